The summed E-state index contributed by atoms with van der Waals surface area (Å²) >= 11 is 0. The molecule has 20 nitrogen and oxygen atoms in total. The van der Waals surface area contributed by atoms with Gasteiger partial charge in [0.2, 0.25) is 0 Å². The number of rotatable bonds is 11. The van der Waals surface area contributed by atoms with E-state index in [0.717, 1.165) is 0 Å². The summed E-state index contributed by atoms with van der Waals surface area (Å²) in [6.45, 7) is 0. The molecule has 272 valence electrons. The Morgan fingerprint density at radius 1 is 0.558 bits per heavy atom. The normalized spacial score (nSPS) is 14.8. The van der Waals surface area contributed by atoms with Gasteiger partial charge in [0.05, 0.1) is 36.9 Å². The third-order valence-electron chi connectivity index (χ3n) is 7.06. The number of hydrogen-bond acceptors (Lipinski definition) is 14. The Hall–Kier alpha value is -7.28. The first-order chi connectivity index (χ1) is 24.0. The summed E-state index contributed by atoms with van der Waals surface area (Å²) in [5.41, 5.74) is -17.5. The standard InChI is InChI=1S/C26H12F6N6O14/c27-25(28,29)15-8-17(33(39)40)21(18(9-15)34(41)42)51-24(52-22-19(35(43)44)10-16(26(30,31)32)11-20(22)36(45)46)7-6-14(13-4-2-1-3-5-13)12-23(24,37(47)48)38(49)50/h1-12H. The van der Waals surface area contributed by atoms with Gasteiger partial charge in [0.15, 0.2) is 0 Å². The number of benzene rings is 3. The molecule has 0 spiro atoms. The highest BCUT2D eigenvalue weighted by molar-refractivity contribution is 5.77. The fraction of sp³-hybridized carbons (Fsp3) is 0.154. The van der Waals surface area contributed by atoms with Crippen molar-refractivity contribution >= 4 is 28.3 Å². The van der Waals surface area contributed by atoms with Crippen molar-refractivity contribution in [3.8, 4) is 11.5 Å². The number of ether oxygens (including phenoxy) is 2. The maximum absolute atomic E-state index is 13.6. The molecule has 52 heavy (non-hydrogen) atoms. The van der Waals surface area contributed by atoms with Crippen molar-refractivity contribution in [3.63, 3.8) is 0 Å². The summed E-state index contributed by atoms with van der Waals surface area (Å²) in [5.74, 6) is -8.45. The number of nitro benzene ring substituents is 4. The first kappa shape index (κ1) is 37.5. The molecular weight excluding hydrogens is 734 g/mol. The van der Waals surface area contributed by atoms with Gasteiger partial charge in [-0.1, -0.05) is 30.3 Å². The lowest BCUT2D eigenvalue weighted by molar-refractivity contribution is -0.804. The molecule has 0 aliphatic heterocycles. The molecule has 0 atom stereocenters. The SMILES string of the molecule is O=[N+]([O-])c1cc(C(F)(F)F)cc([N+](=O)[O-])c1OC1(Oc2c([N+](=O)[O-])cc(C(F)(F)F)cc2[N+](=O)[O-])C=CC(c2ccccc2)=CC1([N+](=O)[O-])[N+](=O)[O-]. The minimum Gasteiger partial charge on any atom is -0.423 e. The number of halogens is 6. The molecule has 0 heterocycles. The predicted molar refractivity (Wildman–Crippen MR) is 154 cm³/mol. The van der Waals surface area contributed by atoms with Gasteiger partial charge in [-0.2, -0.15) is 26.3 Å². The van der Waals surface area contributed by atoms with E-state index in [1.807, 2.05) is 0 Å². The zero-order valence-electron chi connectivity index (χ0n) is 24.6. The predicted octanol–water partition coefficient (Wildman–Crippen LogP) is 6.41. The molecule has 26 heteroatoms. The van der Waals surface area contributed by atoms with Crippen molar-refractivity contribution in [1.29, 1.82) is 0 Å². The van der Waals surface area contributed by atoms with Crippen molar-refractivity contribution in [1.82, 2.24) is 0 Å². The molecule has 0 saturated carbocycles. The lowest BCUT2D eigenvalue weighted by Crippen LogP contribution is -2.68. The van der Waals surface area contributed by atoms with Gasteiger partial charge in [-0.3, -0.25) is 60.7 Å². The van der Waals surface area contributed by atoms with Crippen LogP contribution >= 0.6 is 0 Å². The molecule has 1 aliphatic rings. The molecule has 3 aromatic rings. The Labute approximate surface area is 279 Å². The summed E-state index contributed by atoms with van der Waals surface area (Å²) in [7, 11) is 0. The molecule has 0 saturated heterocycles. The molecule has 0 amide bonds. The van der Waals surface area contributed by atoms with E-state index < -0.39 is 129 Å². The van der Waals surface area contributed by atoms with Gasteiger partial charge in [0, 0.05) is 30.3 Å². The van der Waals surface area contributed by atoms with Crippen molar-refractivity contribution in [3.05, 3.63) is 150 Å². The molecule has 0 unspecified atom stereocenters. The second-order valence-electron chi connectivity index (χ2n) is 10.1. The van der Waals surface area contributed by atoms with Crippen LogP contribution in [0.5, 0.6) is 11.5 Å². The van der Waals surface area contributed by atoms with Crippen LogP contribution in [0.25, 0.3) is 5.57 Å². The quantitative estimate of drug-likeness (QED) is 0.0886. The van der Waals surface area contributed by atoms with Crippen LogP contribution in [0.15, 0.2) is 72.8 Å². The van der Waals surface area contributed by atoms with Crippen molar-refractivity contribution in [2.45, 2.75) is 23.8 Å². The van der Waals surface area contributed by atoms with Gasteiger partial charge in [-0.05, 0) is 17.2 Å². The Morgan fingerprint density at radius 2 is 0.904 bits per heavy atom. The maximum Gasteiger partial charge on any atom is 0.556 e. The number of allylic oxidation sites excluding steroid dienone is 2. The van der Waals surface area contributed by atoms with Crippen LogP contribution in [0.3, 0.4) is 0 Å². The summed E-state index contributed by atoms with van der Waals surface area (Å²) in [4.78, 5) is 62.7. The number of alkyl halides is 6. The molecule has 4 rings (SSSR count). The highest BCUT2D eigenvalue weighted by Gasteiger charge is 2.78. The summed E-state index contributed by atoms with van der Waals surface area (Å²) in [5, 5.41) is 73.6. The van der Waals surface area contributed by atoms with E-state index >= 15 is 0 Å². The molecule has 1 aliphatic carbocycles. The van der Waals surface area contributed by atoms with E-state index in [2.05, 4.69) is 0 Å². The second kappa shape index (κ2) is 12.9. The van der Waals surface area contributed by atoms with Crippen LogP contribution in [0, 0.1) is 60.7 Å². The smallest absolute Gasteiger partial charge is 0.423 e. The van der Waals surface area contributed by atoms with E-state index in [1.54, 1.807) is 0 Å². The van der Waals surface area contributed by atoms with E-state index in [4.69, 9.17) is 9.47 Å². The number of nitro groups is 6. The molecular formula is C26H12F6N6O14. The Balaban J connectivity index is 2.24. The zero-order chi connectivity index (χ0) is 39.1. The highest BCUT2D eigenvalue weighted by Crippen LogP contribution is 2.51. The van der Waals surface area contributed by atoms with Crippen LogP contribution in [0.4, 0.5) is 49.1 Å². The number of nitrogens with zero attached hydrogens (tertiary/aromatic N) is 6. The van der Waals surface area contributed by atoms with Crippen LogP contribution in [0.2, 0.25) is 0 Å². The highest BCUT2D eigenvalue weighted by atomic mass is 19.4. The van der Waals surface area contributed by atoms with E-state index in [1.165, 1.54) is 30.3 Å². The molecule has 0 N–H and O–H groups in total. The van der Waals surface area contributed by atoms with E-state index in [-0.39, 0.29) is 17.7 Å². The summed E-state index contributed by atoms with van der Waals surface area (Å²) in [6.07, 6.45) is -10.4. The monoisotopic (exact) mass is 746 g/mol. The van der Waals surface area contributed by atoms with Gasteiger partial charge >= 0.3 is 46.6 Å². The van der Waals surface area contributed by atoms with Crippen molar-refractivity contribution in [2.24, 2.45) is 0 Å². The molecule has 0 bridgehead atoms. The van der Waals surface area contributed by atoms with Gasteiger partial charge < -0.3 is 9.47 Å². The van der Waals surface area contributed by atoms with E-state index in [0.29, 0.717) is 6.08 Å². The number of hydrogen-bond donors (Lipinski definition) is 0. The van der Waals surface area contributed by atoms with Gasteiger partial charge in [0.25, 0.3) is 11.5 Å². The Kier molecular flexibility index (Phi) is 9.29. The minimum atomic E-state index is -5.56. The van der Waals surface area contributed by atoms with Crippen molar-refractivity contribution < 1.29 is 65.4 Å². The topological polar surface area (TPSA) is 277 Å². The van der Waals surface area contributed by atoms with Gasteiger partial charge in [-0.25, -0.2) is 0 Å². The van der Waals surface area contributed by atoms with Crippen molar-refractivity contribution in [2.75, 3.05) is 0 Å². The first-order valence-corrected chi connectivity index (χ1v) is 13.2. The van der Waals surface area contributed by atoms with E-state index in [9.17, 15) is 87.0 Å². The zero-order valence-corrected chi connectivity index (χ0v) is 24.6. The summed E-state index contributed by atoms with van der Waals surface area (Å²) in [6, 6.07) is 4.80. The third-order valence-corrected chi connectivity index (χ3v) is 7.06. The Bertz CT molecular complexity index is 1940. The lowest BCUT2D eigenvalue weighted by Gasteiger charge is -2.35. The molecule has 0 fully saturated rings. The first-order valence-electron chi connectivity index (χ1n) is 13.2. The molecule has 0 radical (unpaired) electrons. The fourth-order valence-electron chi connectivity index (χ4n) is 4.74. The van der Waals surface area contributed by atoms with Crippen LogP contribution in [0.1, 0.15) is 16.7 Å². The van der Waals surface area contributed by atoms with Gasteiger partial charge in [0.1, 0.15) is 9.85 Å². The Morgan fingerprint density at radius 3 is 1.19 bits per heavy atom. The van der Waals surface area contributed by atoms with Crippen LogP contribution < -0.4 is 9.47 Å². The summed E-state index contributed by atoms with van der Waals surface area (Å²) < 4.78 is 91.9. The maximum atomic E-state index is 13.6. The second-order valence-corrected chi connectivity index (χ2v) is 10.1. The lowest BCUT2D eigenvalue weighted by atomic mass is 9.87. The average molecular weight is 746 g/mol. The minimum absolute atomic E-state index is 0.0613. The fourth-order valence-corrected chi connectivity index (χ4v) is 4.74. The molecule has 0 aromatic heterocycles. The average Bonchev–Trinajstić information content (AvgIpc) is 3.03. The van der Waals surface area contributed by atoms with Crippen LogP contribution in [-0.4, -0.2) is 41.0 Å². The third kappa shape index (κ3) is 6.53. The van der Waals surface area contributed by atoms with Crippen LogP contribution in [-0.2, 0) is 12.4 Å². The largest absolute Gasteiger partial charge is 0.556 e. The molecule has 3 aromatic carbocycles. The van der Waals surface area contributed by atoms with Gasteiger partial charge in [-0.15, -0.1) is 0 Å².